The molecule has 2 amide bonds. The summed E-state index contributed by atoms with van der Waals surface area (Å²) in [7, 11) is 0. The molecule has 1 aromatic carbocycles. The fourth-order valence-electron chi connectivity index (χ4n) is 3.37. The Labute approximate surface area is 189 Å². The number of amides is 2. The van der Waals surface area contributed by atoms with Gasteiger partial charge < -0.3 is 20.1 Å². The molecule has 1 aromatic rings. The molecule has 2 rings (SSSR count). The molecule has 2 N–H and O–H groups in total. The zero-order valence-electron chi connectivity index (χ0n) is 19.0. The molecule has 0 bridgehead atoms. The van der Waals surface area contributed by atoms with E-state index in [0.29, 0.717) is 24.3 Å². The van der Waals surface area contributed by atoms with Crippen LogP contribution in [0, 0.1) is 5.92 Å². The summed E-state index contributed by atoms with van der Waals surface area (Å²) in [6.07, 6.45) is 6.30. The van der Waals surface area contributed by atoms with E-state index in [9.17, 15) is 19.2 Å². The number of hydrogen-bond acceptors (Lipinski definition) is 6. The van der Waals surface area contributed by atoms with E-state index in [2.05, 4.69) is 10.6 Å². The fraction of sp³-hybridized carbons (Fsp3) is 0.583. The van der Waals surface area contributed by atoms with E-state index in [4.69, 9.17) is 9.47 Å². The van der Waals surface area contributed by atoms with Crippen molar-refractivity contribution in [3.63, 3.8) is 0 Å². The molecule has 0 unspecified atom stereocenters. The SMILES string of the molecule is CC(C)COC(=O)c1ccc(NC(=O)COC(=O)CCCC(=O)NC2CCCCC2)cc1. The maximum atomic E-state index is 12.0. The van der Waals surface area contributed by atoms with Gasteiger partial charge in [-0.2, -0.15) is 0 Å². The number of rotatable bonds is 11. The predicted octanol–water partition coefficient (Wildman–Crippen LogP) is 3.60. The van der Waals surface area contributed by atoms with Crippen molar-refractivity contribution in [2.45, 2.75) is 71.3 Å². The number of esters is 2. The summed E-state index contributed by atoms with van der Waals surface area (Å²) in [5.74, 6) is -1.21. The van der Waals surface area contributed by atoms with Crippen molar-refractivity contribution in [1.82, 2.24) is 5.32 Å². The van der Waals surface area contributed by atoms with Crippen LogP contribution < -0.4 is 10.6 Å². The van der Waals surface area contributed by atoms with Gasteiger partial charge in [-0.05, 0) is 49.4 Å². The summed E-state index contributed by atoms with van der Waals surface area (Å²) in [5.41, 5.74) is 0.869. The topological polar surface area (TPSA) is 111 Å². The zero-order valence-corrected chi connectivity index (χ0v) is 19.0. The van der Waals surface area contributed by atoms with Crippen LogP contribution in [0.5, 0.6) is 0 Å². The van der Waals surface area contributed by atoms with Crippen LogP contribution >= 0.6 is 0 Å². The van der Waals surface area contributed by atoms with Gasteiger partial charge in [-0.25, -0.2) is 4.79 Å². The van der Waals surface area contributed by atoms with Crippen molar-refractivity contribution in [3.8, 4) is 0 Å². The van der Waals surface area contributed by atoms with E-state index < -0.39 is 24.5 Å². The standard InChI is InChI=1S/C24H34N2O6/c1-17(2)15-32-24(30)18-11-13-20(14-12-18)26-22(28)16-31-23(29)10-6-9-21(27)25-19-7-4-3-5-8-19/h11-14,17,19H,3-10,15-16H2,1-2H3,(H,25,27)(H,26,28). The van der Waals surface area contributed by atoms with Crippen LogP contribution in [0.1, 0.15) is 75.6 Å². The number of benzene rings is 1. The minimum Gasteiger partial charge on any atom is -0.462 e. The smallest absolute Gasteiger partial charge is 0.338 e. The third kappa shape index (κ3) is 9.94. The minimum absolute atomic E-state index is 0.0426. The first kappa shape index (κ1) is 25.4. The largest absolute Gasteiger partial charge is 0.462 e. The number of carbonyl (C=O) groups excluding carboxylic acids is 4. The van der Waals surface area contributed by atoms with Gasteiger partial charge >= 0.3 is 11.9 Å². The van der Waals surface area contributed by atoms with Gasteiger partial charge in [0.05, 0.1) is 12.2 Å². The van der Waals surface area contributed by atoms with Crippen LogP contribution in [0.25, 0.3) is 0 Å². The van der Waals surface area contributed by atoms with Gasteiger partial charge in [0.2, 0.25) is 5.91 Å². The molecule has 1 saturated carbocycles. The average molecular weight is 447 g/mol. The maximum absolute atomic E-state index is 12.0. The lowest BCUT2D eigenvalue weighted by Gasteiger charge is -2.22. The first-order chi connectivity index (χ1) is 15.3. The Morgan fingerprint density at radius 2 is 1.62 bits per heavy atom. The Kier molecular flexibility index (Phi) is 10.7. The lowest BCUT2D eigenvalue weighted by atomic mass is 9.95. The molecule has 176 valence electrons. The number of anilines is 1. The second-order valence-corrected chi connectivity index (χ2v) is 8.53. The third-order valence-corrected chi connectivity index (χ3v) is 5.07. The van der Waals surface area contributed by atoms with E-state index >= 15 is 0 Å². The van der Waals surface area contributed by atoms with Crippen molar-refractivity contribution in [3.05, 3.63) is 29.8 Å². The maximum Gasteiger partial charge on any atom is 0.338 e. The van der Waals surface area contributed by atoms with Crippen LogP contribution in [-0.4, -0.2) is 43.0 Å². The Morgan fingerprint density at radius 3 is 2.28 bits per heavy atom. The first-order valence-electron chi connectivity index (χ1n) is 11.4. The number of ether oxygens (including phenoxy) is 2. The van der Waals surface area contributed by atoms with E-state index in [1.807, 2.05) is 13.8 Å². The summed E-state index contributed by atoms with van der Waals surface area (Å²) >= 11 is 0. The Morgan fingerprint density at radius 1 is 0.938 bits per heavy atom. The van der Waals surface area contributed by atoms with Crippen LogP contribution in [0.15, 0.2) is 24.3 Å². The minimum atomic E-state index is -0.520. The van der Waals surface area contributed by atoms with Gasteiger partial charge in [-0.3, -0.25) is 14.4 Å². The van der Waals surface area contributed by atoms with Crippen LogP contribution in [-0.2, 0) is 23.9 Å². The second-order valence-electron chi connectivity index (χ2n) is 8.53. The molecule has 0 atom stereocenters. The van der Waals surface area contributed by atoms with Crippen LogP contribution in [0.2, 0.25) is 0 Å². The number of carbonyl (C=O) groups is 4. The molecule has 32 heavy (non-hydrogen) atoms. The molecule has 0 aliphatic heterocycles. The van der Waals surface area contributed by atoms with Crippen molar-refractivity contribution < 1.29 is 28.7 Å². The van der Waals surface area contributed by atoms with Crippen molar-refractivity contribution in [1.29, 1.82) is 0 Å². The van der Waals surface area contributed by atoms with E-state index in [1.54, 1.807) is 24.3 Å². The molecule has 8 nitrogen and oxygen atoms in total. The second kappa shape index (κ2) is 13.5. The molecule has 1 aliphatic rings. The number of hydrogen-bond donors (Lipinski definition) is 2. The summed E-state index contributed by atoms with van der Waals surface area (Å²) in [5, 5.41) is 5.61. The molecular weight excluding hydrogens is 412 g/mol. The summed E-state index contributed by atoms with van der Waals surface area (Å²) < 4.78 is 10.1. The molecule has 0 radical (unpaired) electrons. The van der Waals surface area contributed by atoms with Gasteiger partial charge in [-0.1, -0.05) is 33.1 Å². The lowest BCUT2D eigenvalue weighted by Crippen LogP contribution is -2.36. The van der Waals surface area contributed by atoms with Crippen molar-refractivity contribution in [2.24, 2.45) is 5.92 Å². The van der Waals surface area contributed by atoms with Crippen LogP contribution in [0.4, 0.5) is 5.69 Å². The highest BCUT2D eigenvalue weighted by atomic mass is 16.5. The highest BCUT2D eigenvalue weighted by Gasteiger charge is 2.16. The first-order valence-corrected chi connectivity index (χ1v) is 11.4. The zero-order chi connectivity index (χ0) is 23.3. The lowest BCUT2D eigenvalue weighted by molar-refractivity contribution is -0.147. The normalized spacial score (nSPS) is 14.0. The van der Waals surface area contributed by atoms with E-state index in [1.165, 1.54) is 6.42 Å². The molecule has 0 heterocycles. The molecule has 1 aliphatic carbocycles. The predicted molar refractivity (Wildman–Crippen MR) is 120 cm³/mol. The summed E-state index contributed by atoms with van der Waals surface area (Å²) in [6, 6.07) is 6.53. The monoisotopic (exact) mass is 446 g/mol. The quantitative estimate of drug-likeness (QED) is 0.503. The van der Waals surface area contributed by atoms with Gasteiger partial charge in [0.25, 0.3) is 5.91 Å². The average Bonchev–Trinajstić information content (AvgIpc) is 2.77. The molecule has 0 spiro atoms. The summed E-state index contributed by atoms with van der Waals surface area (Å²) in [6.45, 7) is 3.83. The molecule has 1 fully saturated rings. The Balaban J connectivity index is 1.61. The van der Waals surface area contributed by atoms with Gasteiger partial charge in [-0.15, -0.1) is 0 Å². The Bertz CT molecular complexity index is 769. The van der Waals surface area contributed by atoms with E-state index in [-0.39, 0.29) is 30.7 Å². The van der Waals surface area contributed by atoms with Gasteiger partial charge in [0.15, 0.2) is 6.61 Å². The van der Waals surface area contributed by atoms with Crippen LogP contribution in [0.3, 0.4) is 0 Å². The molecule has 8 heteroatoms. The number of nitrogens with one attached hydrogen (secondary N) is 2. The third-order valence-electron chi connectivity index (χ3n) is 5.07. The summed E-state index contributed by atoms with van der Waals surface area (Å²) in [4.78, 5) is 47.6. The molecular formula is C24H34N2O6. The highest BCUT2D eigenvalue weighted by Crippen LogP contribution is 2.17. The highest BCUT2D eigenvalue weighted by molar-refractivity contribution is 5.94. The Hall–Kier alpha value is -2.90. The van der Waals surface area contributed by atoms with Gasteiger partial charge in [0.1, 0.15) is 0 Å². The molecule has 0 saturated heterocycles. The van der Waals surface area contributed by atoms with E-state index in [0.717, 1.165) is 25.7 Å². The van der Waals surface area contributed by atoms with Crippen molar-refractivity contribution >= 4 is 29.4 Å². The fourth-order valence-corrected chi connectivity index (χ4v) is 3.37. The molecule has 0 aromatic heterocycles. The van der Waals surface area contributed by atoms with Crippen molar-refractivity contribution in [2.75, 3.05) is 18.5 Å². The van der Waals surface area contributed by atoms with Gasteiger partial charge in [0, 0.05) is 24.6 Å².